The summed E-state index contributed by atoms with van der Waals surface area (Å²) in [6.45, 7) is 8.50. The minimum atomic E-state index is -3.95. The lowest BCUT2D eigenvalue weighted by atomic mass is 9.78. The zero-order valence-corrected chi connectivity index (χ0v) is 22.1. The Bertz CT molecular complexity index is 1230. The average Bonchev–Trinajstić information content (AvgIpc) is 3.59. The molecule has 2 fully saturated rings. The third kappa shape index (κ3) is 4.47. The van der Waals surface area contributed by atoms with Crippen LogP contribution in [0.4, 0.5) is 0 Å². The average molecular weight is 546 g/mol. The molecule has 0 aliphatic carbocycles. The molecule has 0 aromatic heterocycles. The van der Waals surface area contributed by atoms with Gasteiger partial charge in [-0.3, -0.25) is 14.9 Å². The van der Waals surface area contributed by atoms with Crippen LogP contribution in [0, 0.1) is 6.92 Å². The molecular weight excluding hydrogens is 517 g/mol. The normalized spacial score (nSPS) is 24.2. The van der Waals surface area contributed by atoms with Gasteiger partial charge in [-0.2, -0.15) is 4.31 Å². The number of benzene rings is 2. The molecule has 4 rings (SSSR count). The van der Waals surface area contributed by atoms with Crippen LogP contribution in [0.1, 0.15) is 17.5 Å². The van der Waals surface area contributed by atoms with Gasteiger partial charge < -0.3 is 11.1 Å². The summed E-state index contributed by atoms with van der Waals surface area (Å²) in [6, 6.07) is 15.4. The number of hydrogen-bond acceptors (Lipinski definition) is 7. The number of nitrogens with one attached hydrogen (secondary N) is 2. The Morgan fingerprint density at radius 3 is 2.44 bits per heavy atom. The molecule has 0 saturated carbocycles. The van der Waals surface area contributed by atoms with Crippen molar-refractivity contribution in [1.82, 2.24) is 14.9 Å². The first kappa shape index (κ1) is 26.7. The molecule has 3 atom stereocenters. The van der Waals surface area contributed by atoms with Gasteiger partial charge in [0.15, 0.2) is 4.87 Å². The van der Waals surface area contributed by atoms with Gasteiger partial charge in [0.05, 0.1) is 4.90 Å². The Labute approximate surface area is 220 Å². The fourth-order valence-corrected chi connectivity index (χ4v) is 9.13. The van der Waals surface area contributed by atoms with Gasteiger partial charge in [-0.05, 0) is 29.7 Å². The van der Waals surface area contributed by atoms with Gasteiger partial charge in [-0.25, -0.2) is 8.42 Å². The van der Waals surface area contributed by atoms with Crippen LogP contribution in [-0.4, -0.2) is 59.4 Å². The van der Waals surface area contributed by atoms with Crippen LogP contribution in [0.2, 0.25) is 0 Å². The molecule has 0 spiro atoms. The molecule has 8 nitrogen and oxygen atoms in total. The molecule has 0 bridgehead atoms. The number of hydrogen-bond donors (Lipinski definition) is 3. The lowest BCUT2D eigenvalue weighted by Gasteiger charge is -2.47. The first-order valence-electron chi connectivity index (χ1n) is 11.4. The zero-order valence-electron chi connectivity index (χ0n) is 19.7. The number of carbonyl (C=O) groups is 2. The monoisotopic (exact) mass is 545 g/mol. The van der Waals surface area contributed by atoms with Crippen molar-refractivity contribution in [2.24, 2.45) is 5.73 Å². The smallest absolute Gasteiger partial charge is 0.251 e. The van der Waals surface area contributed by atoms with E-state index in [1.54, 1.807) is 18.2 Å². The van der Waals surface area contributed by atoms with Crippen LogP contribution >= 0.6 is 23.5 Å². The summed E-state index contributed by atoms with van der Waals surface area (Å²) in [4.78, 5) is 25.5. The number of thioether (sulfide) groups is 2. The highest BCUT2D eigenvalue weighted by Crippen LogP contribution is 2.46. The molecule has 4 N–H and O–H groups in total. The number of primary amides is 1. The van der Waals surface area contributed by atoms with E-state index in [2.05, 4.69) is 24.1 Å². The Balaban J connectivity index is 1.72. The van der Waals surface area contributed by atoms with Gasteiger partial charge >= 0.3 is 0 Å². The minimum absolute atomic E-state index is 0.0986. The number of nitrogens with two attached hydrogens (primary N) is 1. The Hall–Kier alpha value is -2.31. The maximum atomic E-state index is 13.8. The summed E-state index contributed by atoms with van der Waals surface area (Å²) in [5.74, 6) is -0.0687. The van der Waals surface area contributed by atoms with Crippen molar-refractivity contribution in [2.45, 2.75) is 27.1 Å². The quantitative estimate of drug-likeness (QED) is 0.441. The Morgan fingerprint density at radius 1 is 1.19 bits per heavy atom. The largest absolute Gasteiger partial charge is 0.367 e. The summed E-state index contributed by atoms with van der Waals surface area (Å²) >= 11 is 2.57. The second-order valence-electron chi connectivity index (χ2n) is 8.44. The van der Waals surface area contributed by atoms with E-state index in [1.807, 2.05) is 30.3 Å². The number of nitrogens with zero attached hydrogens (tertiary/aromatic N) is 1. The highest BCUT2D eigenvalue weighted by molar-refractivity contribution is 8.02. The maximum Gasteiger partial charge on any atom is 0.251 e. The fraction of sp³-hybridized carbons (Fsp3) is 0.320. The molecule has 1 unspecified atom stereocenters. The van der Waals surface area contributed by atoms with Crippen molar-refractivity contribution in [3.63, 3.8) is 0 Å². The number of rotatable bonds is 9. The van der Waals surface area contributed by atoms with Crippen molar-refractivity contribution >= 4 is 51.4 Å². The first-order chi connectivity index (χ1) is 17.2. The SMILES string of the molecule is [CH2]C[C@](NC(=O)[C@@H]1SCCN1S(=O)(=O)c1ccc(C=C)cc1)(c1ccccc1)C1(C(N)=O)NCCS1. The van der Waals surface area contributed by atoms with Crippen molar-refractivity contribution in [3.05, 3.63) is 79.2 Å². The predicted octanol–water partition coefficient (Wildman–Crippen LogP) is 2.15. The second-order valence-corrected chi connectivity index (χ2v) is 12.8. The van der Waals surface area contributed by atoms with E-state index < -0.39 is 37.6 Å². The first-order valence-corrected chi connectivity index (χ1v) is 14.9. The van der Waals surface area contributed by atoms with Crippen LogP contribution in [0.3, 0.4) is 0 Å². The van der Waals surface area contributed by atoms with E-state index in [-0.39, 0.29) is 17.9 Å². The van der Waals surface area contributed by atoms with Gasteiger partial charge in [-0.1, -0.05) is 62.0 Å². The van der Waals surface area contributed by atoms with E-state index in [0.29, 0.717) is 23.6 Å². The van der Waals surface area contributed by atoms with E-state index in [0.717, 1.165) is 5.56 Å². The molecular formula is C25H29N4O4S3. The topological polar surface area (TPSA) is 122 Å². The van der Waals surface area contributed by atoms with Crippen molar-refractivity contribution in [3.8, 4) is 0 Å². The van der Waals surface area contributed by atoms with Crippen LogP contribution in [-0.2, 0) is 25.2 Å². The summed E-state index contributed by atoms with van der Waals surface area (Å²) in [6.07, 6.45) is 1.74. The molecule has 2 heterocycles. The highest BCUT2D eigenvalue weighted by atomic mass is 32.2. The molecule has 2 saturated heterocycles. The summed E-state index contributed by atoms with van der Waals surface area (Å²) in [7, 11) is -3.95. The van der Waals surface area contributed by atoms with Crippen LogP contribution < -0.4 is 16.4 Å². The van der Waals surface area contributed by atoms with Gasteiger partial charge in [-0.15, -0.1) is 23.5 Å². The minimum Gasteiger partial charge on any atom is -0.367 e. The summed E-state index contributed by atoms with van der Waals surface area (Å²) < 4.78 is 28.2. The van der Waals surface area contributed by atoms with Gasteiger partial charge in [0.25, 0.3) is 5.91 Å². The van der Waals surface area contributed by atoms with Crippen molar-refractivity contribution in [1.29, 1.82) is 0 Å². The van der Waals surface area contributed by atoms with Gasteiger partial charge in [0, 0.05) is 24.6 Å². The number of amides is 2. The van der Waals surface area contributed by atoms with Crippen LogP contribution in [0.15, 0.2) is 66.1 Å². The third-order valence-corrected chi connectivity index (χ3v) is 11.3. The van der Waals surface area contributed by atoms with Crippen molar-refractivity contribution in [2.75, 3.05) is 24.6 Å². The van der Waals surface area contributed by atoms with Crippen LogP contribution in [0.25, 0.3) is 6.08 Å². The second kappa shape index (κ2) is 10.6. The molecule has 2 aromatic carbocycles. The lowest BCUT2D eigenvalue weighted by Crippen LogP contribution is -2.70. The van der Waals surface area contributed by atoms with Crippen molar-refractivity contribution < 1.29 is 18.0 Å². The summed E-state index contributed by atoms with van der Waals surface area (Å²) in [5, 5.41) is 5.26. The van der Waals surface area contributed by atoms with E-state index in [9.17, 15) is 18.0 Å². The predicted molar refractivity (Wildman–Crippen MR) is 145 cm³/mol. The molecule has 2 aliphatic rings. The standard InChI is InChI=1S/C25H29N4O4S3/c1-3-18-10-12-20(13-11-18)36(32,33)29-15-17-34-22(29)21(30)28-24(4-2,19-8-6-5-7-9-19)25(23(26)31)27-14-16-35-25/h3,5-13,22,27H,1-2,4,14-17H2,(H2,26,31)(H,28,30)/t22-,24-,25?/m0/s1. The van der Waals surface area contributed by atoms with Gasteiger partial charge in [0.1, 0.15) is 10.9 Å². The van der Waals surface area contributed by atoms with E-state index in [1.165, 1.54) is 40.0 Å². The third-order valence-electron chi connectivity index (χ3n) is 6.52. The molecule has 2 amide bonds. The molecule has 2 aromatic rings. The van der Waals surface area contributed by atoms with E-state index in [4.69, 9.17) is 5.73 Å². The van der Waals surface area contributed by atoms with Gasteiger partial charge in [0.2, 0.25) is 15.9 Å². The zero-order chi connectivity index (χ0) is 26.0. The number of carbonyl (C=O) groups excluding carboxylic acids is 2. The molecule has 36 heavy (non-hydrogen) atoms. The van der Waals surface area contributed by atoms with E-state index >= 15 is 0 Å². The molecule has 1 radical (unpaired) electrons. The fourth-order valence-electron chi connectivity index (χ4n) is 4.68. The highest BCUT2D eigenvalue weighted by Gasteiger charge is 2.59. The lowest BCUT2D eigenvalue weighted by molar-refractivity contribution is -0.128. The molecule has 11 heteroatoms. The molecule has 2 aliphatic heterocycles. The molecule has 191 valence electrons. The van der Waals surface area contributed by atoms with Crippen LogP contribution in [0.5, 0.6) is 0 Å². The summed E-state index contributed by atoms with van der Waals surface area (Å²) in [5.41, 5.74) is 6.09. The Kier molecular flexibility index (Phi) is 7.86. The maximum absolute atomic E-state index is 13.8. The Morgan fingerprint density at radius 2 is 1.89 bits per heavy atom. The number of sulfonamides is 1.